The highest BCUT2D eigenvalue weighted by atomic mass is 16.4. The Hall–Kier alpha value is -1.06. The first-order chi connectivity index (χ1) is 7.42. The van der Waals surface area contributed by atoms with E-state index in [-0.39, 0.29) is 29.7 Å². The Kier molecular flexibility index (Phi) is 2.68. The molecule has 2 unspecified atom stereocenters. The number of carbonyl (C=O) groups excluding carboxylic acids is 1. The quantitative estimate of drug-likeness (QED) is 0.791. The Balaban J connectivity index is 1.98. The lowest BCUT2D eigenvalue weighted by molar-refractivity contribution is -0.140. The van der Waals surface area contributed by atoms with Gasteiger partial charge in [-0.2, -0.15) is 0 Å². The van der Waals surface area contributed by atoms with Gasteiger partial charge in [0.05, 0.1) is 6.42 Å². The van der Waals surface area contributed by atoms with Crippen molar-refractivity contribution in [2.24, 2.45) is 11.3 Å². The molecule has 2 atom stereocenters. The topological polar surface area (TPSA) is 57.6 Å². The summed E-state index contributed by atoms with van der Waals surface area (Å²) in [6, 6.07) is -0.0681. The van der Waals surface area contributed by atoms with Gasteiger partial charge in [-0.25, -0.2) is 0 Å². The maximum absolute atomic E-state index is 12.1. The number of carboxylic acids is 1. The van der Waals surface area contributed by atoms with Crippen LogP contribution in [-0.4, -0.2) is 34.5 Å². The number of hydrogen-bond acceptors (Lipinski definition) is 2. The molecule has 4 nitrogen and oxygen atoms in total. The van der Waals surface area contributed by atoms with E-state index in [1.807, 2.05) is 0 Å². The number of nitrogens with zero attached hydrogens (tertiary/aromatic N) is 1. The fourth-order valence-electron chi connectivity index (χ4n) is 2.63. The van der Waals surface area contributed by atoms with Gasteiger partial charge in [0.25, 0.3) is 0 Å². The number of aliphatic carboxylic acids is 1. The zero-order chi connectivity index (χ0) is 11.9. The molecule has 0 aromatic heterocycles. The minimum absolute atomic E-state index is 0.0681. The number of amides is 1. The van der Waals surface area contributed by atoms with Crippen LogP contribution in [0.4, 0.5) is 0 Å². The van der Waals surface area contributed by atoms with E-state index in [0.29, 0.717) is 0 Å². The van der Waals surface area contributed by atoms with Crippen molar-refractivity contribution in [3.63, 3.8) is 0 Å². The van der Waals surface area contributed by atoms with Gasteiger partial charge in [0.1, 0.15) is 0 Å². The summed E-state index contributed by atoms with van der Waals surface area (Å²) in [6.45, 7) is 4.93. The molecular weight excluding hydrogens is 206 g/mol. The van der Waals surface area contributed by atoms with E-state index in [2.05, 4.69) is 13.8 Å². The van der Waals surface area contributed by atoms with Gasteiger partial charge in [0, 0.05) is 18.5 Å². The Morgan fingerprint density at radius 3 is 2.56 bits per heavy atom. The van der Waals surface area contributed by atoms with E-state index in [0.717, 1.165) is 25.8 Å². The highest BCUT2D eigenvalue weighted by Crippen LogP contribution is 2.53. The lowest BCUT2D eigenvalue weighted by Crippen LogP contribution is -2.38. The third kappa shape index (κ3) is 2.06. The molecule has 1 saturated heterocycles. The van der Waals surface area contributed by atoms with E-state index in [1.54, 1.807) is 4.90 Å². The molecule has 90 valence electrons. The second-order valence-corrected chi connectivity index (χ2v) is 5.67. The van der Waals surface area contributed by atoms with Gasteiger partial charge in [0.2, 0.25) is 5.91 Å². The summed E-state index contributed by atoms with van der Waals surface area (Å²) < 4.78 is 0. The molecule has 2 fully saturated rings. The second-order valence-electron chi connectivity index (χ2n) is 5.67. The van der Waals surface area contributed by atoms with E-state index in [1.165, 1.54) is 0 Å². The van der Waals surface area contributed by atoms with Crippen LogP contribution in [0.1, 0.15) is 39.5 Å². The van der Waals surface area contributed by atoms with Crippen molar-refractivity contribution < 1.29 is 14.7 Å². The largest absolute Gasteiger partial charge is 0.481 e. The Labute approximate surface area is 95.6 Å². The molecule has 2 rings (SSSR count). The minimum atomic E-state index is -0.806. The molecule has 0 radical (unpaired) electrons. The van der Waals surface area contributed by atoms with Gasteiger partial charge in [-0.15, -0.1) is 0 Å². The number of carbonyl (C=O) groups is 2. The molecule has 16 heavy (non-hydrogen) atoms. The first-order valence-corrected chi connectivity index (χ1v) is 5.94. The summed E-state index contributed by atoms with van der Waals surface area (Å²) in [5, 5.41) is 8.79. The van der Waals surface area contributed by atoms with Crippen LogP contribution in [0.15, 0.2) is 0 Å². The zero-order valence-corrected chi connectivity index (χ0v) is 9.90. The molecule has 2 aliphatic rings. The number of rotatable bonds is 3. The molecule has 0 bridgehead atoms. The first kappa shape index (κ1) is 11.4. The van der Waals surface area contributed by atoms with Crippen LogP contribution < -0.4 is 0 Å². The fraction of sp³-hybridized carbons (Fsp3) is 0.833. The first-order valence-electron chi connectivity index (χ1n) is 5.94. The van der Waals surface area contributed by atoms with Gasteiger partial charge >= 0.3 is 5.97 Å². The Bertz CT molecular complexity index is 324. The van der Waals surface area contributed by atoms with Crippen molar-refractivity contribution in [3.8, 4) is 0 Å². The van der Waals surface area contributed by atoms with Gasteiger partial charge in [0.15, 0.2) is 0 Å². The highest BCUT2D eigenvalue weighted by molar-refractivity contribution is 5.83. The van der Waals surface area contributed by atoms with Crippen molar-refractivity contribution in [1.29, 1.82) is 0 Å². The van der Waals surface area contributed by atoms with Gasteiger partial charge < -0.3 is 10.0 Å². The third-order valence-electron chi connectivity index (χ3n) is 3.88. The molecular formula is C12H19NO3. The lowest BCUT2D eigenvalue weighted by Gasteiger charge is -2.24. The van der Waals surface area contributed by atoms with Crippen LogP contribution >= 0.6 is 0 Å². The van der Waals surface area contributed by atoms with Crippen molar-refractivity contribution >= 4 is 11.9 Å². The molecule has 1 aliphatic heterocycles. The molecule has 1 heterocycles. The van der Waals surface area contributed by atoms with E-state index < -0.39 is 5.97 Å². The molecule has 1 saturated carbocycles. The van der Waals surface area contributed by atoms with Crippen LogP contribution in [0, 0.1) is 11.3 Å². The van der Waals surface area contributed by atoms with Gasteiger partial charge in [-0.1, -0.05) is 13.8 Å². The SMILES string of the molecule is CC1(C)CC1C(=O)N1CCCC1CC(=O)O. The molecule has 1 amide bonds. The predicted octanol–water partition coefficient (Wildman–Crippen LogP) is 1.50. The third-order valence-corrected chi connectivity index (χ3v) is 3.88. The van der Waals surface area contributed by atoms with Crippen LogP contribution in [0.5, 0.6) is 0 Å². The van der Waals surface area contributed by atoms with Gasteiger partial charge in [-0.05, 0) is 24.7 Å². The van der Waals surface area contributed by atoms with Crippen molar-refractivity contribution in [1.82, 2.24) is 4.90 Å². The zero-order valence-electron chi connectivity index (χ0n) is 9.90. The normalized spacial score (nSPS) is 31.5. The highest BCUT2D eigenvalue weighted by Gasteiger charge is 2.53. The Morgan fingerprint density at radius 2 is 2.06 bits per heavy atom. The second kappa shape index (κ2) is 3.75. The van der Waals surface area contributed by atoms with Gasteiger partial charge in [-0.3, -0.25) is 9.59 Å². The summed E-state index contributed by atoms with van der Waals surface area (Å²) in [7, 11) is 0. The van der Waals surface area contributed by atoms with Crippen LogP contribution in [0.2, 0.25) is 0 Å². The minimum Gasteiger partial charge on any atom is -0.481 e. The van der Waals surface area contributed by atoms with Crippen molar-refractivity contribution in [2.45, 2.75) is 45.6 Å². The predicted molar refractivity (Wildman–Crippen MR) is 58.9 cm³/mol. The smallest absolute Gasteiger partial charge is 0.305 e. The summed E-state index contributed by atoms with van der Waals surface area (Å²) in [5.74, 6) is -0.504. The van der Waals surface area contributed by atoms with E-state index in [4.69, 9.17) is 5.11 Å². The van der Waals surface area contributed by atoms with E-state index in [9.17, 15) is 9.59 Å². The summed E-state index contributed by atoms with van der Waals surface area (Å²) >= 11 is 0. The standard InChI is InChI=1S/C12H19NO3/c1-12(2)7-9(12)11(16)13-5-3-4-8(13)6-10(14)15/h8-9H,3-7H2,1-2H3,(H,14,15). The number of hydrogen-bond donors (Lipinski definition) is 1. The summed E-state index contributed by atoms with van der Waals surface area (Å²) in [6.07, 6.45) is 2.82. The number of likely N-dealkylation sites (tertiary alicyclic amines) is 1. The average molecular weight is 225 g/mol. The summed E-state index contributed by atoms with van der Waals surface area (Å²) in [5.41, 5.74) is 0.132. The molecule has 0 spiro atoms. The maximum atomic E-state index is 12.1. The summed E-state index contributed by atoms with van der Waals surface area (Å²) in [4.78, 5) is 24.6. The van der Waals surface area contributed by atoms with Crippen LogP contribution in [0.3, 0.4) is 0 Å². The van der Waals surface area contributed by atoms with Crippen molar-refractivity contribution in [2.75, 3.05) is 6.54 Å². The van der Waals surface area contributed by atoms with E-state index >= 15 is 0 Å². The van der Waals surface area contributed by atoms with Crippen molar-refractivity contribution in [3.05, 3.63) is 0 Å². The molecule has 4 heteroatoms. The average Bonchev–Trinajstić information content (AvgIpc) is 2.59. The monoisotopic (exact) mass is 225 g/mol. The molecule has 1 N–H and O–H groups in total. The van der Waals surface area contributed by atoms with Crippen LogP contribution in [-0.2, 0) is 9.59 Å². The lowest BCUT2D eigenvalue weighted by atomic mass is 10.1. The maximum Gasteiger partial charge on any atom is 0.305 e. The Morgan fingerprint density at radius 1 is 1.44 bits per heavy atom. The molecule has 0 aromatic carbocycles. The number of carboxylic acid groups (broad SMARTS) is 1. The van der Waals surface area contributed by atoms with Crippen LogP contribution in [0.25, 0.3) is 0 Å². The molecule has 1 aliphatic carbocycles. The fourth-order valence-corrected chi connectivity index (χ4v) is 2.63. The molecule has 0 aromatic rings.